The Morgan fingerprint density at radius 2 is 2.27 bits per heavy atom. The van der Waals surface area contributed by atoms with Gasteiger partial charge >= 0.3 is 6.18 Å². The number of furan rings is 1. The molecule has 1 aromatic heterocycles. The molecule has 0 aliphatic carbocycles. The third-order valence-corrected chi connectivity index (χ3v) is 1.84. The number of halogens is 3. The van der Waals surface area contributed by atoms with Gasteiger partial charge in [0.1, 0.15) is 6.61 Å². The standard InChI is InChI=1S/C9H12F3NO2/c1-13-8(7-2-3-14-4-7)5-15-6-9(10,11)12/h2-4,8,13H,5-6H2,1H3. The molecule has 1 N–H and O–H groups in total. The van der Waals surface area contributed by atoms with Crippen LogP contribution in [0.4, 0.5) is 13.2 Å². The Bertz CT molecular complexity index is 271. The van der Waals surface area contributed by atoms with Gasteiger partial charge in [0.2, 0.25) is 0 Å². The summed E-state index contributed by atoms with van der Waals surface area (Å²) >= 11 is 0. The number of hydrogen-bond donors (Lipinski definition) is 1. The molecule has 1 unspecified atom stereocenters. The van der Waals surface area contributed by atoms with E-state index in [1.807, 2.05) is 0 Å². The number of hydrogen-bond acceptors (Lipinski definition) is 3. The maximum absolute atomic E-state index is 11.8. The smallest absolute Gasteiger partial charge is 0.411 e. The lowest BCUT2D eigenvalue weighted by molar-refractivity contribution is -0.175. The fraction of sp³-hybridized carbons (Fsp3) is 0.556. The molecular formula is C9H12F3NO2. The average molecular weight is 223 g/mol. The minimum absolute atomic E-state index is 0.0461. The van der Waals surface area contributed by atoms with Crippen LogP contribution in [0.15, 0.2) is 23.0 Å². The Kier molecular flexibility index (Phi) is 4.16. The molecule has 1 rings (SSSR count). The average Bonchev–Trinajstić information content (AvgIpc) is 2.63. The molecule has 0 bridgehead atoms. The van der Waals surface area contributed by atoms with Crippen LogP contribution in [0, 0.1) is 0 Å². The maximum atomic E-state index is 11.8. The van der Waals surface area contributed by atoms with E-state index in [1.165, 1.54) is 12.5 Å². The Balaban J connectivity index is 2.36. The van der Waals surface area contributed by atoms with Crippen molar-refractivity contribution in [2.75, 3.05) is 20.3 Å². The first kappa shape index (κ1) is 12.1. The van der Waals surface area contributed by atoms with Gasteiger partial charge in [0.05, 0.1) is 25.2 Å². The molecule has 0 aliphatic rings. The summed E-state index contributed by atoms with van der Waals surface area (Å²) in [6.45, 7) is -1.28. The van der Waals surface area contributed by atoms with Crippen LogP contribution in [0.25, 0.3) is 0 Å². The van der Waals surface area contributed by atoms with E-state index in [1.54, 1.807) is 13.1 Å². The van der Waals surface area contributed by atoms with Gasteiger partial charge in [-0.15, -0.1) is 0 Å². The number of nitrogens with one attached hydrogen (secondary N) is 1. The molecule has 0 fully saturated rings. The van der Waals surface area contributed by atoms with Crippen LogP contribution in [-0.2, 0) is 4.74 Å². The summed E-state index contributed by atoms with van der Waals surface area (Å²) in [4.78, 5) is 0. The third kappa shape index (κ3) is 4.35. The van der Waals surface area contributed by atoms with Gasteiger partial charge in [-0.05, 0) is 13.1 Å². The van der Waals surface area contributed by atoms with Gasteiger partial charge in [0, 0.05) is 5.56 Å². The quantitative estimate of drug-likeness (QED) is 0.830. The Hall–Kier alpha value is -1.01. The number of rotatable bonds is 5. The zero-order valence-corrected chi connectivity index (χ0v) is 8.17. The number of likely N-dealkylation sites (N-methyl/N-ethyl adjacent to an activating group) is 1. The summed E-state index contributed by atoms with van der Waals surface area (Å²) in [5.74, 6) is 0. The molecule has 0 radical (unpaired) electrons. The second-order valence-corrected chi connectivity index (χ2v) is 3.03. The van der Waals surface area contributed by atoms with Crippen LogP contribution in [0.1, 0.15) is 11.6 Å². The van der Waals surface area contributed by atoms with Crippen LogP contribution in [0.3, 0.4) is 0 Å². The Morgan fingerprint density at radius 1 is 1.53 bits per heavy atom. The zero-order chi connectivity index (χ0) is 11.3. The van der Waals surface area contributed by atoms with Gasteiger partial charge in [0.15, 0.2) is 0 Å². The van der Waals surface area contributed by atoms with Crippen LogP contribution in [0.5, 0.6) is 0 Å². The predicted molar refractivity (Wildman–Crippen MR) is 47.4 cm³/mol. The number of ether oxygens (including phenoxy) is 1. The van der Waals surface area contributed by atoms with E-state index in [-0.39, 0.29) is 12.6 Å². The molecule has 15 heavy (non-hydrogen) atoms. The minimum atomic E-state index is -4.28. The molecule has 3 nitrogen and oxygen atoms in total. The van der Waals surface area contributed by atoms with E-state index in [4.69, 9.17) is 4.42 Å². The van der Waals surface area contributed by atoms with Crippen molar-refractivity contribution in [1.29, 1.82) is 0 Å². The van der Waals surface area contributed by atoms with Crippen molar-refractivity contribution in [1.82, 2.24) is 5.32 Å². The monoisotopic (exact) mass is 223 g/mol. The summed E-state index contributed by atoms with van der Waals surface area (Å²) in [7, 11) is 1.65. The van der Waals surface area contributed by atoms with Gasteiger partial charge in [-0.3, -0.25) is 0 Å². The first-order valence-electron chi connectivity index (χ1n) is 4.37. The molecule has 86 valence electrons. The fourth-order valence-corrected chi connectivity index (χ4v) is 1.11. The SMILES string of the molecule is CNC(COCC(F)(F)F)c1ccoc1. The second-order valence-electron chi connectivity index (χ2n) is 3.03. The van der Waals surface area contributed by atoms with Crippen LogP contribution in [-0.4, -0.2) is 26.4 Å². The summed E-state index contributed by atoms with van der Waals surface area (Å²) in [6.07, 6.45) is -1.35. The highest BCUT2D eigenvalue weighted by Gasteiger charge is 2.28. The first-order valence-corrected chi connectivity index (χ1v) is 4.37. The maximum Gasteiger partial charge on any atom is 0.411 e. The topological polar surface area (TPSA) is 34.4 Å². The van der Waals surface area contributed by atoms with E-state index in [9.17, 15) is 13.2 Å². The van der Waals surface area contributed by atoms with Gasteiger partial charge < -0.3 is 14.5 Å². The second kappa shape index (κ2) is 5.18. The van der Waals surface area contributed by atoms with Crippen molar-refractivity contribution in [3.63, 3.8) is 0 Å². The largest absolute Gasteiger partial charge is 0.472 e. The van der Waals surface area contributed by atoms with Crippen molar-refractivity contribution in [2.45, 2.75) is 12.2 Å². The summed E-state index contributed by atoms with van der Waals surface area (Å²) < 4.78 is 44.7. The van der Waals surface area contributed by atoms with Crippen LogP contribution < -0.4 is 5.32 Å². The summed E-state index contributed by atoms with van der Waals surface area (Å²) in [5.41, 5.74) is 0.764. The summed E-state index contributed by atoms with van der Waals surface area (Å²) in [6, 6.07) is 1.39. The molecule has 0 saturated carbocycles. The molecule has 1 atom stereocenters. The molecule has 0 aliphatic heterocycles. The van der Waals surface area contributed by atoms with Crippen molar-refractivity contribution >= 4 is 0 Å². The molecular weight excluding hydrogens is 211 g/mol. The fourth-order valence-electron chi connectivity index (χ4n) is 1.11. The van der Waals surface area contributed by atoms with Gasteiger partial charge in [-0.1, -0.05) is 0 Å². The lowest BCUT2D eigenvalue weighted by Crippen LogP contribution is -2.25. The van der Waals surface area contributed by atoms with E-state index in [2.05, 4.69) is 10.1 Å². The van der Waals surface area contributed by atoms with E-state index in [0.29, 0.717) is 0 Å². The van der Waals surface area contributed by atoms with E-state index >= 15 is 0 Å². The molecule has 1 aromatic rings. The zero-order valence-electron chi connectivity index (χ0n) is 8.17. The predicted octanol–water partition coefficient (Wildman–Crippen LogP) is 2.12. The van der Waals surface area contributed by atoms with Crippen molar-refractivity contribution in [2.24, 2.45) is 0 Å². The van der Waals surface area contributed by atoms with Crippen molar-refractivity contribution in [3.05, 3.63) is 24.2 Å². The highest BCUT2D eigenvalue weighted by Crippen LogP contribution is 2.17. The first-order chi connectivity index (χ1) is 7.03. The van der Waals surface area contributed by atoms with E-state index in [0.717, 1.165) is 5.56 Å². The van der Waals surface area contributed by atoms with Gasteiger partial charge in [-0.2, -0.15) is 13.2 Å². The molecule has 1 heterocycles. The Labute approximate surface area is 85.2 Å². The normalized spacial score (nSPS) is 14.1. The Morgan fingerprint density at radius 3 is 2.73 bits per heavy atom. The summed E-state index contributed by atoms with van der Waals surface area (Å²) in [5, 5.41) is 2.84. The minimum Gasteiger partial charge on any atom is -0.472 e. The van der Waals surface area contributed by atoms with Gasteiger partial charge in [-0.25, -0.2) is 0 Å². The number of alkyl halides is 3. The van der Waals surface area contributed by atoms with E-state index < -0.39 is 12.8 Å². The lowest BCUT2D eigenvalue weighted by atomic mass is 10.2. The van der Waals surface area contributed by atoms with Crippen LogP contribution in [0.2, 0.25) is 0 Å². The molecule has 0 saturated heterocycles. The van der Waals surface area contributed by atoms with Crippen molar-refractivity contribution < 1.29 is 22.3 Å². The molecule has 0 amide bonds. The highest BCUT2D eigenvalue weighted by molar-refractivity contribution is 5.11. The van der Waals surface area contributed by atoms with Crippen molar-refractivity contribution in [3.8, 4) is 0 Å². The third-order valence-electron chi connectivity index (χ3n) is 1.84. The molecule has 0 aromatic carbocycles. The van der Waals surface area contributed by atoms with Crippen LogP contribution >= 0.6 is 0 Å². The highest BCUT2D eigenvalue weighted by atomic mass is 19.4. The van der Waals surface area contributed by atoms with Gasteiger partial charge in [0.25, 0.3) is 0 Å². The lowest BCUT2D eigenvalue weighted by Gasteiger charge is -2.15. The molecule has 6 heteroatoms. The molecule has 0 spiro atoms.